The van der Waals surface area contributed by atoms with Crippen molar-refractivity contribution in [1.82, 2.24) is 5.32 Å². The third-order valence-corrected chi connectivity index (χ3v) is 3.61. The fourth-order valence-corrected chi connectivity index (χ4v) is 2.28. The van der Waals surface area contributed by atoms with Gasteiger partial charge in [0.25, 0.3) is 0 Å². The second kappa shape index (κ2) is 9.00. The molecule has 0 aliphatic carbocycles. The molecule has 5 nitrogen and oxygen atoms in total. The number of hydrogen-bond donors (Lipinski definition) is 2. The molecule has 1 unspecified atom stereocenters. The van der Waals surface area contributed by atoms with Gasteiger partial charge in [0.15, 0.2) is 0 Å². The molecule has 0 heterocycles. The summed E-state index contributed by atoms with van der Waals surface area (Å²) in [6, 6.07) is 9.33. The first-order chi connectivity index (χ1) is 10.1. The largest absolute Gasteiger partial charge is 0.481 e. The van der Waals surface area contributed by atoms with Crippen LogP contribution in [-0.2, 0) is 16.1 Å². The quantitative estimate of drug-likeness (QED) is 0.772. The summed E-state index contributed by atoms with van der Waals surface area (Å²) in [5.74, 6) is -1.41. The number of carboxylic acid groups (broad SMARTS) is 1. The number of hydrogen-bond acceptors (Lipinski definition) is 3. The van der Waals surface area contributed by atoms with E-state index >= 15 is 0 Å². The van der Waals surface area contributed by atoms with Crippen molar-refractivity contribution in [3.05, 3.63) is 35.9 Å². The molecular weight excluding hydrogens is 270 g/mol. The van der Waals surface area contributed by atoms with Crippen LogP contribution in [0.3, 0.4) is 0 Å². The van der Waals surface area contributed by atoms with E-state index in [-0.39, 0.29) is 19.1 Å². The summed E-state index contributed by atoms with van der Waals surface area (Å²) in [5, 5.41) is 11.8. The van der Waals surface area contributed by atoms with E-state index < -0.39 is 18.0 Å². The summed E-state index contributed by atoms with van der Waals surface area (Å²) in [5.41, 5.74) is 0.891. The minimum absolute atomic E-state index is 0.0527. The second-order valence-electron chi connectivity index (χ2n) is 4.96. The summed E-state index contributed by atoms with van der Waals surface area (Å²) in [6.07, 6.45) is 0.957. The number of carbonyl (C=O) groups is 2. The fraction of sp³-hybridized carbons (Fsp3) is 0.500. The molecule has 0 saturated carbocycles. The summed E-state index contributed by atoms with van der Waals surface area (Å²) in [6.45, 7) is 4.18. The smallest absolute Gasteiger partial charge is 0.407 e. The minimum atomic E-state index is -0.882. The monoisotopic (exact) mass is 293 g/mol. The highest BCUT2D eigenvalue weighted by molar-refractivity contribution is 5.72. The highest BCUT2D eigenvalue weighted by Crippen LogP contribution is 2.19. The fourth-order valence-electron chi connectivity index (χ4n) is 2.28. The van der Waals surface area contributed by atoms with Crippen molar-refractivity contribution in [1.29, 1.82) is 0 Å². The van der Waals surface area contributed by atoms with Crippen LogP contribution in [0, 0.1) is 11.8 Å². The molecule has 2 N–H and O–H groups in total. The lowest BCUT2D eigenvalue weighted by Gasteiger charge is -2.21. The Morgan fingerprint density at radius 2 is 1.81 bits per heavy atom. The molecule has 1 rings (SSSR count). The molecule has 116 valence electrons. The number of rotatable bonds is 8. The van der Waals surface area contributed by atoms with Crippen molar-refractivity contribution < 1.29 is 19.4 Å². The van der Waals surface area contributed by atoms with E-state index in [0.717, 1.165) is 18.4 Å². The standard InChI is InChI=1S/C16H23NO4/c1-3-13(4-2)14(15(18)19)10-17-16(20)21-11-12-8-6-5-7-9-12/h5-9,13-14H,3-4,10-11H2,1-2H3,(H,17,20)(H,18,19). The van der Waals surface area contributed by atoms with Crippen LogP contribution in [0.1, 0.15) is 32.3 Å². The van der Waals surface area contributed by atoms with Crippen LogP contribution < -0.4 is 5.32 Å². The van der Waals surface area contributed by atoms with Gasteiger partial charge in [-0.1, -0.05) is 57.0 Å². The lowest BCUT2D eigenvalue weighted by atomic mass is 9.88. The van der Waals surface area contributed by atoms with Gasteiger partial charge in [-0.15, -0.1) is 0 Å². The first-order valence-corrected chi connectivity index (χ1v) is 7.25. The Morgan fingerprint density at radius 1 is 1.19 bits per heavy atom. The zero-order valence-electron chi connectivity index (χ0n) is 12.5. The van der Waals surface area contributed by atoms with Gasteiger partial charge in [-0.3, -0.25) is 4.79 Å². The number of amides is 1. The van der Waals surface area contributed by atoms with Crippen molar-refractivity contribution in [2.45, 2.75) is 33.3 Å². The van der Waals surface area contributed by atoms with Crippen LogP contribution in [-0.4, -0.2) is 23.7 Å². The molecular formula is C16H23NO4. The Balaban J connectivity index is 2.41. The Kier molecular flexibility index (Phi) is 7.29. The van der Waals surface area contributed by atoms with Crippen LogP contribution in [0.4, 0.5) is 4.79 Å². The molecule has 5 heteroatoms. The molecule has 0 saturated heterocycles. The van der Waals surface area contributed by atoms with Gasteiger partial charge >= 0.3 is 12.1 Å². The zero-order valence-corrected chi connectivity index (χ0v) is 12.5. The summed E-state index contributed by atoms with van der Waals surface area (Å²) >= 11 is 0. The Hall–Kier alpha value is -2.04. The van der Waals surface area contributed by atoms with Crippen molar-refractivity contribution in [3.8, 4) is 0 Å². The molecule has 0 aromatic heterocycles. The average molecular weight is 293 g/mol. The second-order valence-corrected chi connectivity index (χ2v) is 4.96. The van der Waals surface area contributed by atoms with E-state index in [1.165, 1.54) is 0 Å². The van der Waals surface area contributed by atoms with Crippen LogP contribution >= 0.6 is 0 Å². The predicted octanol–water partition coefficient (Wildman–Crippen LogP) is 3.05. The van der Waals surface area contributed by atoms with E-state index in [9.17, 15) is 14.7 Å². The maximum absolute atomic E-state index is 11.6. The van der Waals surface area contributed by atoms with E-state index in [1.54, 1.807) is 0 Å². The number of carbonyl (C=O) groups excluding carboxylic acids is 1. The molecule has 0 aliphatic rings. The van der Waals surface area contributed by atoms with Crippen LogP contribution in [0.2, 0.25) is 0 Å². The Morgan fingerprint density at radius 3 is 2.33 bits per heavy atom. The molecule has 1 aromatic rings. The highest BCUT2D eigenvalue weighted by atomic mass is 16.5. The molecule has 21 heavy (non-hydrogen) atoms. The van der Waals surface area contributed by atoms with Crippen molar-refractivity contribution >= 4 is 12.1 Å². The van der Waals surface area contributed by atoms with E-state index in [0.29, 0.717) is 0 Å². The van der Waals surface area contributed by atoms with Crippen LogP contribution in [0.5, 0.6) is 0 Å². The Bertz CT molecular complexity index is 443. The SMILES string of the molecule is CCC(CC)C(CNC(=O)OCc1ccccc1)C(=O)O. The molecule has 0 aliphatic heterocycles. The summed E-state index contributed by atoms with van der Waals surface area (Å²) < 4.78 is 5.06. The number of nitrogens with one attached hydrogen (secondary N) is 1. The van der Waals surface area contributed by atoms with Gasteiger partial charge in [-0.25, -0.2) is 4.79 Å². The van der Waals surface area contributed by atoms with Crippen molar-refractivity contribution in [3.63, 3.8) is 0 Å². The molecule has 0 spiro atoms. The maximum atomic E-state index is 11.6. The number of alkyl carbamates (subject to hydrolysis) is 1. The van der Waals surface area contributed by atoms with Gasteiger partial charge < -0.3 is 15.2 Å². The molecule has 0 radical (unpaired) electrons. The summed E-state index contributed by atoms with van der Waals surface area (Å²) in [7, 11) is 0. The number of carboxylic acids is 1. The van der Waals surface area contributed by atoms with Crippen molar-refractivity contribution in [2.75, 3.05) is 6.54 Å². The number of aliphatic carboxylic acids is 1. The lowest BCUT2D eigenvalue weighted by molar-refractivity contribution is -0.143. The minimum Gasteiger partial charge on any atom is -0.481 e. The molecule has 1 atom stereocenters. The topological polar surface area (TPSA) is 75.6 Å². The third kappa shape index (κ3) is 5.85. The van der Waals surface area contributed by atoms with Crippen LogP contribution in [0.15, 0.2) is 30.3 Å². The highest BCUT2D eigenvalue weighted by Gasteiger charge is 2.26. The van der Waals surface area contributed by atoms with Gasteiger partial charge in [0, 0.05) is 6.54 Å². The molecule has 1 aromatic carbocycles. The molecule has 0 fully saturated rings. The number of benzene rings is 1. The van der Waals surface area contributed by atoms with Gasteiger partial charge in [0.2, 0.25) is 0 Å². The van der Waals surface area contributed by atoms with E-state index in [1.807, 2.05) is 44.2 Å². The van der Waals surface area contributed by atoms with E-state index in [2.05, 4.69) is 5.32 Å². The number of ether oxygens (including phenoxy) is 1. The van der Waals surface area contributed by atoms with Gasteiger partial charge in [-0.2, -0.15) is 0 Å². The first kappa shape index (κ1) is 17.0. The van der Waals surface area contributed by atoms with E-state index in [4.69, 9.17) is 4.74 Å². The van der Waals surface area contributed by atoms with Gasteiger partial charge in [0.1, 0.15) is 6.61 Å². The van der Waals surface area contributed by atoms with Crippen molar-refractivity contribution in [2.24, 2.45) is 11.8 Å². The summed E-state index contributed by atoms with van der Waals surface area (Å²) in [4.78, 5) is 22.9. The lowest BCUT2D eigenvalue weighted by Crippen LogP contribution is -2.37. The zero-order chi connectivity index (χ0) is 15.7. The first-order valence-electron chi connectivity index (χ1n) is 7.25. The van der Waals surface area contributed by atoms with Crippen LogP contribution in [0.25, 0.3) is 0 Å². The normalized spacial score (nSPS) is 12.0. The average Bonchev–Trinajstić information content (AvgIpc) is 2.50. The van der Waals surface area contributed by atoms with Gasteiger partial charge in [-0.05, 0) is 11.5 Å². The molecule has 1 amide bonds. The predicted molar refractivity (Wildman–Crippen MR) is 79.8 cm³/mol. The maximum Gasteiger partial charge on any atom is 0.407 e. The van der Waals surface area contributed by atoms with Gasteiger partial charge in [0.05, 0.1) is 5.92 Å². The Labute approximate surface area is 125 Å². The third-order valence-electron chi connectivity index (χ3n) is 3.61. The molecule has 0 bridgehead atoms.